The maximum absolute atomic E-state index is 11.3. The van der Waals surface area contributed by atoms with Crippen LogP contribution in [0.25, 0.3) is 0 Å². The summed E-state index contributed by atoms with van der Waals surface area (Å²) in [5.41, 5.74) is 0.364. The highest BCUT2D eigenvalue weighted by molar-refractivity contribution is 5.86. The van der Waals surface area contributed by atoms with Crippen LogP contribution in [-0.2, 0) is 171 Å². The average Bonchev–Trinajstić information content (AvgIpc) is 1.01. The van der Waals surface area contributed by atoms with E-state index >= 15 is 0 Å². The zero-order valence-corrected chi connectivity index (χ0v) is 83.6. The van der Waals surface area contributed by atoms with E-state index in [9.17, 15) is 4.79 Å². The third-order valence-electron chi connectivity index (χ3n) is 18.0. The van der Waals surface area contributed by atoms with Gasteiger partial charge in [-0.2, -0.15) is 0 Å². The lowest BCUT2D eigenvalue weighted by molar-refractivity contribution is -0.140. The van der Waals surface area contributed by atoms with Crippen molar-refractivity contribution in [1.82, 2.24) is 0 Å². The highest BCUT2D eigenvalue weighted by Crippen LogP contribution is 2.04. The predicted molar refractivity (Wildman–Crippen MR) is 507 cm³/mol. The first kappa shape index (κ1) is 132. The first-order valence-electron chi connectivity index (χ1n) is 50.7. The molecule has 0 amide bonds. The topological polar surface area (TPSA) is 360 Å². The number of carbonyl (C=O) groups excluding carboxylic acids is 1. The van der Waals surface area contributed by atoms with Crippen molar-refractivity contribution < 1.29 is 176 Å². The molecule has 1 N–H and O–H groups in total. The molecule has 134 heavy (non-hydrogen) atoms. The quantitative estimate of drug-likeness (QED) is 0.0336. The van der Waals surface area contributed by atoms with Crippen molar-refractivity contribution in [1.29, 1.82) is 0 Å². The molecule has 0 unspecified atom stereocenters. The minimum absolute atomic E-state index is 0.172. The molecule has 0 fully saturated rings. The molecule has 0 heterocycles. The Hall–Kier alpha value is -2.19. The smallest absolute Gasteiger partial charge is 0.333 e. The van der Waals surface area contributed by atoms with Gasteiger partial charge in [-0.1, -0.05) is 6.58 Å². The molecule has 0 aromatic heterocycles. The van der Waals surface area contributed by atoms with Crippen LogP contribution in [0.15, 0.2) is 12.2 Å². The highest BCUT2D eigenvalue weighted by Gasteiger charge is 2.07. The molecule has 0 aliphatic rings. The van der Waals surface area contributed by atoms with Crippen LogP contribution >= 0.6 is 0 Å². The lowest BCUT2D eigenvalue weighted by Crippen LogP contribution is -2.16. The first-order chi connectivity index (χ1) is 66.7. The van der Waals surface area contributed by atoms with Crippen LogP contribution in [-0.4, -0.2) is 474 Å². The molecule has 0 saturated carbocycles. The first-order valence-corrected chi connectivity index (χ1v) is 50.7. The second-order valence-corrected chi connectivity index (χ2v) is 30.6. The Morgan fingerprint density at radius 1 is 0.134 bits per heavy atom. The molecule has 802 valence electrons. The Morgan fingerprint density at radius 2 is 0.209 bits per heavy atom. The number of ether oxygens (including phenoxy) is 35. The van der Waals surface area contributed by atoms with Gasteiger partial charge < -0.3 is 171 Å². The molecule has 0 saturated heterocycles. The largest absolute Gasteiger partial charge is 0.460 e. The number of rotatable bonds is 128. The Kier molecular flexibility index (Phi) is 125. The number of hydrogen-bond acceptors (Lipinski definition) is 37. The molecule has 0 rings (SSSR count). The van der Waals surface area contributed by atoms with Crippen molar-refractivity contribution >= 4 is 5.97 Å². The lowest BCUT2D eigenvalue weighted by Gasteiger charge is -2.09. The fourth-order valence-electron chi connectivity index (χ4n) is 11.0. The monoisotopic (exact) mass is 1950 g/mol. The van der Waals surface area contributed by atoms with Gasteiger partial charge in [-0.3, -0.25) is 0 Å². The summed E-state index contributed by atoms with van der Waals surface area (Å²) >= 11 is 0. The SMILES string of the molecule is C=C(C)C(=O)OCCOCCOCCOCCOCCOCCOCCOCCOCCOCCOCCOCCOCCCOCCCOCCCOCCCOCCCOCCCOCCCOCCCOCCCOCCCOCCCOCCCOCCCOCCCOCCCOCCCOCCCOCCCOCCCOCCCOCCCOCCCOCCCO. The van der Waals surface area contributed by atoms with E-state index in [0.717, 1.165) is 141 Å². The Labute approximate surface area is 807 Å². The Bertz CT molecular complexity index is 1960. The second-order valence-electron chi connectivity index (χ2n) is 30.6. The molecule has 0 aliphatic carbocycles. The minimum Gasteiger partial charge on any atom is -0.460 e. The standard InChI is InChI=1S/C97H192O37/c1-96(2)97(99)134-95-94-133-93-92-132-91-90-131-89-88-130-87-86-129-85-84-128-83-82-127-81-80-126-79-78-125-77-76-124-75-74-123-73-72-122-71-25-70-121-69-24-68-120-67-23-66-119-65-22-64-118-63-21-62-117-61-20-60-116-59-19-58-115-57-18-56-114-55-17-54-113-53-16-52-112-51-15-50-111-49-14-48-110-47-13-46-109-45-12-44-108-43-11-42-107-41-10-40-106-39-9-38-105-37-8-36-104-35-7-34-103-33-6-32-102-31-5-30-101-29-4-28-100-27-3-26-98/h98H,1,3-95H2,2H3. The van der Waals surface area contributed by atoms with E-state index in [1.807, 2.05) is 0 Å². The number of aliphatic hydroxyl groups is 1. The number of esters is 1. The van der Waals surface area contributed by atoms with Crippen molar-refractivity contribution in [3.05, 3.63) is 12.2 Å². The van der Waals surface area contributed by atoms with Gasteiger partial charge in [0.2, 0.25) is 0 Å². The van der Waals surface area contributed by atoms with Gasteiger partial charge in [0.1, 0.15) is 6.61 Å². The van der Waals surface area contributed by atoms with Crippen LogP contribution in [0.4, 0.5) is 0 Å². The number of aliphatic hydroxyl groups excluding tert-OH is 1. The van der Waals surface area contributed by atoms with Crippen LogP contribution < -0.4 is 0 Å². The summed E-state index contributed by atoms with van der Waals surface area (Å²) in [6.45, 7) is 47.2. The summed E-state index contributed by atoms with van der Waals surface area (Å²) < 4.78 is 196. The lowest BCUT2D eigenvalue weighted by atomic mass is 10.4. The van der Waals surface area contributed by atoms with E-state index in [0.29, 0.717) is 461 Å². The van der Waals surface area contributed by atoms with Gasteiger partial charge in [-0.05, 0) is 155 Å². The van der Waals surface area contributed by atoms with E-state index in [2.05, 4.69) is 6.58 Å². The number of hydrogen-bond donors (Lipinski definition) is 1. The van der Waals surface area contributed by atoms with Crippen LogP contribution in [0.1, 0.15) is 155 Å². The van der Waals surface area contributed by atoms with Crippen molar-refractivity contribution in [2.75, 3.05) is 462 Å². The van der Waals surface area contributed by atoms with Crippen LogP contribution in [0.3, 0.4) is 0 Å². The maximum atomic E-state index is 11.3. The van der Waals surface area contributed by atoms with Gasteiger partial charge in [-0.15, -0.1) is 0 Å². The second kappa shape index (κ2) is 127. The third-order valence-corrected chi connectivity index (χ3v) is 18.0. The summed E-state index contributed by atoms with van der Waals surface area (Å²) in [4.78, 5) is 11.3. The molecule has 0 aromatic rings. The van der Waals surface area contributed by atoms with Gasteiger partial charge >= 0.3 is 5.97 Å². The van der Waals surface area contributed by atoms with E-state index in [1.165, 1.54) is 0 Å². The van der Waals surface area contributed by atoms with Crippen molar-refractivity contribution in [2.45, 2.75) is 155 Å². The maximum Gasteiger partial charge on any atom is 0.333 e. The van der Waals surface area contributed by atoms with E-state index in [1.54, 1.807) is 6.92 Å². The minimum atomic E-state index is -0.418. The van der Waals surface area contributed by atoms with Gasteiger partial charge in [-0.25, -0.2) is 4.79 Å². The number of carbonyl (C=O) groups is 1. The predicted octanol–water partition coefficient (Wildman–Crippen LogP) is 9.63. The summed E-state index contributed by atoms with van der Waals surface area (Å²) in [5, 5.41) is 8.72. The fourth-order valence-corrected chi connectivity index (χ4v) is 11.0. The molecule has 0 aliphatic heterocycles. The Balaban J connectivity index is 3.11. The zero-order valence-electron chi connectivity index (χ0n) is 83.6. The normalized spacial score (nSPS) is 11.8. The molecule has 0 atom stereocenters. The van der Waals surface area contributed by atoms with Crippen molar-refractivity contribution in [3.63, 3.8) is 0 Å². The Morgan fingerprint density at radius 3 is 0.299 bits per heavy atom. The molecule has 0 aromatic carbocycles. The van der Waals surface area contributed by atoms with Crippen molar-refractivity contribution in [3.8, 4) is 0 Å². The van der Waals surface area contributed by atoms with Gasteiger partial charge in [0.25, 0.3) is 0 Å². The summed E-state index contributed by atoms with van der Waals surface area (Å²) in [6, 6.07) is 0. The fraction of sp³-hybridized carbons (Fsp3) is 0.969. The van der Waals surface area contributed by atoms with Gasteiger partial charge in [0.15, 0.2) is 0 Å². The van der Waals surface area contributed by atoms with E-state index in [-0.39, 0.29) is 13.2 Å². The van der Waals surface area contributed by atoms with Crippen LogP contribution in [0, 0.1) is 0 Å². The van der Waals surface area contributed by atoms with Crippen LogP contribution in [0.2, 0.25) is 0 Å². The zero-order chi connectivity index (χ0) is 95.7. The average molecular weight is 1950 g/mol. The molecule has 0 radical (unpaired) electrons. The van der Waals surface area contributed by atoms with Crippen molar-refractivity contribution in [2.24, 2.45) is 0 Å². The van der Waals surface area contributed by atoms with Gasteiger partial charge in [0.05, 0.1) is 152 Å². The summed E-state index contributed by atoms with van der Waals surface area (Å²) in [7, 11) is 0. The van der Waals surface area contributed by atoms with Crippen LogP contribution in [0.5, 0.6) is 0 Å². The molecule has 0 spiro atoms. The molecular formula is C97H192O37. The van der Waals surface area contributed by atoms with Gasteiger partial charge in [0, 0.05) is 309 Å². The summed E-state index contributed by atoms with van der Waals surface area (Å²) in [5.74, 6) is -0.418. The summed E-state index contributed by atoms with van der Waals surface area (Å²) in [6.07, 6.45) is 19.9. The molecule has 0 bridgehead atoms. The molecular weight excluding hydrogens is 1760 g/mol. The third kappa shape index (κ3) is 126. The highest BCUT2D eigenvalue weighted by atomic mass is 16.6. The molecule has 37 nitrogen and oxygen atoms in total. The molecule has 37 heteroatoms. The van der Waals surface area contributed by atoms with E-state index in [4.69, 9.17) is 171 Å². The van der Waals surface area contributed by atoms with E-state index < -0.39 is 5.97 Å².